The molecule has 0 aliphatic carbocycles. The Bertz CT molecular complexity index is 783. The van der Waals surface area contributed by atoms with E-state index in [2.05, 4.69) is 16.2 Å². The normalized spacial score (nSPS) is 12.4. The van der Waals surface area contributed by atoms with Crippen LogP contribution in [0.25, 0.3) is 11.0 Å². The molecule has 0 aliphatic rings. The van der Waals surface area contributed by atoms with Gasteiger partial charge in [-0.1, -0.05) is 11.2 Å². The van der Waals surface area contributed by atoms with Crippen LogP contribution < -0.4 is 0 Å². The van der Waals surface area contributed by atoms with Gasteiger partial charge in [0.2, 0.25) is 0 Å². The van der Waals surface area contributed by atoms with Crippen LogP contribution >= 0.6 is 11.6 Å². The number of fused-ring (bicyclic) bond motifs is 1. The molecule has 100 valence electrons. The van der Waals surface area contributed by atoms with Crippen molar-refractivity contribution in [1.29, 1.82) is 5.26 Å². The molecule has 2 aromatic heterocycles. The van der Waals surface area contributed by atoms with Crippen LogP contribution in [0.3, 0.4) is 0 Å². The second-order valence-electron chi connectivity index (χ2n) is 4.45. The van der Waals surface area contributed by atoms with E-state index < -0.39 is 0 Å². The molecule has 3 aromatic rings. The molecule has 1 atom stereocenters. The zero-order chi connectivity index (χ0) is 14.1. The molecule has 6 heteroatoms. The fraction of sp³-hybridized carbons (Fsp3) is 0.214. The maximum absolute atomic E-state index is 9.17. The lowest BCUT2D eigenvalue weighted by Gasteiger charge is -2.08. The highest BCUT2D eigenvalue weighted by molar-refractivity contribution is 6.20. The molecule has 0 bridgehead atoms. The highest BCUT2D eigenvalue weighted by Gasteiger charge is 2.17. The second kappa shape index (κ2) is 4.99. The predicted molar refractivity (Wildman–Crippen MR) is 74.3 cm³/mol. The third kappa shape index (κ3) is 2.04. The smallest absolute Gasteiger partial charge is 0.128 e. The Labute approximate surface area is 120 Å². The lowest BCUT2D eigenvalue weighted by molar-refractivity contribution is 0.409. The number of halogens is 1. The van der Waals surface area contributed by atoms with Crippen molar-refractivity contribution in [2.75, 3.05) is 0 Å². The molecule has 0 saturated carbocycles. The van der Waals surface area contributed by atoms with E-state index in [4.69, 9.17) is 16.1 Å². The van der Waals surface area contributed by atoms with Crippen molar-refractivity contribution in [3.63, 3.8) is 0 Å². The lowest BCUT2D eigenvalue weighted by Crippen LogP contribution is -2.05. The van der Waals surface area contributed by atoms with Crippen LogP contribution in [0.4, 0.5) is 0 Å². The third-order valence-corrected chi connectivity index (χ3v) is 3.29. The SMILES string of the molecule is CC(Cl)c1nc2c(C#N)cccc2n1Cc1ccon1. The van der Waals surface area contributed by atoms with Gasteiger partial charge in [-0.15, -0.1) is 11.6 Å². The van der Waals surface area contributed by atoms with E-state index in [9.17, 15) is 5.26 Å². The van der Waals surface area contributed by atoms with Gasteiger partial charge in [-0.05, 0) is 19.1 Å². The van der Waals surface area contributed by atoms with Gasteiger partial charge in [0.1, 0.15) is 29.4 Å². The first-order valence-corrected chi connectivity index (χ1v) is 6.57. The Kier molecular flexibility index (Phi) is 3.17. The Balaban J connectivity index is 2.22. The molecule has 3 rings (SSSR count). The first-order chi connectivity index (χ1) is 9.70. The molecule has 5 nitrogen and oxygen atoms in total. The molecular formula is C14H11ClN4O. The molecule has 1 aromatic carbocycles. The van der Waals surface area contributed by atoms with Gasteiger partial charge in [-0.3, -0.25) is 0 Å². The molecule has 0 spiro atoms. The maximum atomic E-state index is 9.17. The van der Waals surface area contributed by atoms with Crippen LogP contribution in [0.1, 0.15) is 29.4 Å². The number of hydrogen-bond acceptors (Lipinski definition) is 4. The average molecular weight is 287 g/mol. The maximum Gasteiger partial charge on any atom is 0.128 e. The predicted octanol–water partition coefficient (Wildman–Crippen LogP) is 3.24. The van der Waals surface area contributed by atoms with Gasteiger partial charge in [0.15, 0.2) is 0 Å². The van der Waals surface area contributed by atoms with Crippen LogP contribution in [0.15, 0.2) is 35.1 Å². The van der Waals surface area contributed by atoms with E-state index in [1.807, 2.05) is 23.6 Å². The highest BCUT2D eigenvalue weighted by atomic mass is 35.5. The minimum Gasteiger partial charge on any atom is -0.364 e. The summed E-state index contributed by atoms with van der Waals surface area (Å²) in [5.74, 6) is 0.715. The lowest BCUT2D eigenvalue weighted by atomic mass is 10.2. The summed E-state index contributed by atoms with van der Waals surface area (Å²) >= 11 is 6.21. The molecule has 2 heterocycles. The number of aromatic nitrogens is 3. The monoisotopic (exact) mass is 286 g/mol. The van der Waals surface area contributed by atoms with Crippen molar-refractivity contribution in [3.05, 3.63) is 47.6 Å². The summed E-state index contributed by atoms with van der Waals surface area (Å²) in [5, 5.41) is 12.8. The average Bonchev–Trinajstić information content (AvgIpc) is 3.07. The summed E-state index contributed by atoms with van der Waals surface area (Å²) in [4.78, 5) is 4.51. The summed E-state index contributed by atoms with van der Waals surface area (Å²) in [5.41, 5.74) is 2.86. The number of rotatable bonds is 3. The minimum absolute atomic E-state index is 0.263. The van der Waals surface area contributed by atoms with Gasteiger partial charge in [0, 0.05) is 6.07 Å². The summed E-state index contributed by atoms with van der Waals surface area (Å²) in [6.07, 6.45) is 1.53. The van der Waals surface area contributed by atoms with Gasteiger partial charge in [0.25, 0.3) is 0 Å². The van der Waals surface area contributed by atoms with Crippen molar-refractivity contribution < 1.29 is 4.52 Å². The number of para-hydroxylation sites is 1. The van der Waals surface area contributed by atoms with Gasteiger partial charge in [-0.2, -0.15) is 5.26 Å². The standard InChI is InChI=1S/C14H11ClN4O/c1-9(15)14-17-13-10(7-16)3-2-4-12(13)19(14)8-11-5-6-20-18-11/h2-6,9H,8H2,1H3. The van der Waals surface area contributed by atoms with Crippen molar-refractivity contribution in [2.24, 2.45) is 0 Å². The summed E-state index contributed by atoms with van der Waals surface area (Å²) < 4.78 is 6.82. The molecule has 1 unspecified atom stereocenters. The Hall–Kier alpha value is -2.32. The van der Waals surface area contributed by atoms with Crippen LogP contribution in [-0.4, -0.2) is 14.7 Å². The Morgan fingerprint density at radius 3 is 2.95 bits per heavy atom. The van der Waals surface area contributed by atoms with Gasteiger partial charge in [0.05, 0.1) is 23.0 Å². The molecule has 0 fully saturated rings. The number of imidazole rings is 1. The second-order valence-corrected chi connectivity index (χ2v) is 5.10. The first kappa shape index (κ1) is 12.7. The van der Waals surface area contributed by atoms with Gasteiger partial charge in [-0.25, -0.2) is 4.98 Å². The zero-order valence-electron chi connectivity index (χ0n) is 10.7. The van der Waals surface area contributed by atoms with E-state index in [-0.39, 0.29) is 5.38 Å². The van der Waals surface area contributed by atoms with Crippen LogP contribution in [0.2, 0.25) is 0 Å². The quantitative estimate of drug-likeness (QED) is 0.693. The van der Waals surface area contributed by atoms with Gasteiger partial charge < -0.3 is 9.09 Å². The van der Waals surface area contributed by atoms with E-state index in [0.29, 0.717) is 23.4 Å². The van der Waals surface area contributed by atoms with Crippen LogP contribution in [-0.2, 0) is 6.54 Å². The number of hydrogen-bond donors (Lipinski definition) is 0. The van der Waals surface area contributed by atoms with E-state index in [1.54, 1.807) is 12.1 Å². The van der Waals surface area contributed by atoms with Gasteiger partial charge >= 0.3 is 0 Å². The fourth-order valence-electron chi connectivity index (χ4n) is 2.21. The van der Waals surface area contributed by atoms with Crippen LogP contribution in [0.5, 0.6) is 0 Å². The largest absolute Gasteiger partial charge is 0.364 e. The molecule has 0 aliphatic heterocycles. The molecule has 0 amide bonds. The first-order valence-electron chi connectivity index (χ1n) is 6.13. The van der Waals surface area contributed by atoms with E-state index in [1.165, 1.54) is 6.26 Å². The molecule has 20 heavy (non-hydrogen) atoms. The number of alkyl halides is 1. The Morgan fingerprint density at radius 1 is 1.45 bits per heavy atom. The number of nitriles is 1. The van der Waals surface area contributed by atoms with Crippen molar-refractivity contribution >= 4 is 22.6 Å². The molecular weight excluding hydrogens is 276 g/mol. The molecule has 0 saturated heterocycles. The van der Waals surface area contributed by atoms with Crippen molar-refractivity contribution in [2.45, 2.75) is 18.8 Å². The van der Waals surface area contributed by atoms with E-state index in [0.717, 1.165) is 11.2 Å². The fourth-order valence-corrected chi connectivity index (χ4v) is 2.37. The molecule has 0 radical (unpaired) electrons. The Morgan fingerprint density at radius 2 is 2.30 bits per heavy atom. The summed E-state index contributed by atoms with van der Waals surface area (Å²) in [7, 11) is 0. The van der Waals surface area contributed by atoms with Crippen LogP contribution in [0, 0.1) is 11.3 Å². The highest BCUT2D eigenvalue weighted by Crippen LogP contribution is 2.27. The summed E-state index contributed by atoms with van der Waals surface area (Å²) in [6.45, 7) is 2.36. The van der Waals surface area contributed by atoms with Crippen molar-refractivity contribution in [1.82, 2.24) is 14.7 Å². The number of benzene rings is 1. The third-order valence-electron chi connectivity index (χ3n) is 3.10. The summed E-state index contributed by atoms with van der Waals surface area (Å²) in [6, 6.07) is 9.46. The number of nitrogens with zero attached hydrogens (tertiary/aromatic N) is 4. The van der Waals surface area contributed by atoms with Crippen molar-refractivity contribution in [3.8, 4) is 6.07 Å². The molecule has 0 N–H and O–H groups in total. The zero-order valence-corrected chi connectivity index (χ0v) is 11.5. The van der Waals surface area contributed by atoms with E-state index >= 15 is 0 Å². The minimum atomic E-state index is -0.263. The topological polar surface area (TPSA) is 67.6 Å².